The molecule has 0 aliphatic heterocycles. The van der Waals surface area contributed by atoms with Gasteiger partial charge in [0.05, 0.1) is 12.5 Å². The van der Waals surface area contributed by atoms with E-state index in [1.165, 1.54) is 0 Å². The number of benzene rings is 1. The summed E-state index contributed by atoms with van der Waals surface area (Å²) in [6.45, 7) is 0. The Labute approximate surface area is 75.6 Å². The van der Waals surface area contributed by atoms with Gasteiger partial charge in [-0.15, -0.1) is 0 Å². The van der Waals surface area contributed by atoms with Crippen LogP contribution < -0.4 is 0 Å². The zero-order valence-electron chi connectivity index (χ0n) is 7.00. The minimum Gasteiger partial charge on any atom is -0.210 e. The summed E-state index contributed by atoms with van der Waals surface area (Å²) in [5.74, 6) is 0. The molecule has 13 heavy (non-hydrogen) atoms. The Morgan fingerprint density at radius 3 is 2.38 bits per heavy atom. The van der Waals surface area contributed by atoms with E-state index in [-0.39, 0.29) is 12.8 Å². The molecule has 3 heteroatoms. The molecule has 1 aromatic rings. The van der Waals surface area contributed by atoms with Crippen LogP contribution in [-0.4, -0.2) is 6.43 Å². The fraction of sp³-hybridized carbons (Fsp3) is 0.300. The standard InChI is InChI=1S/C10H9F2N/c11-10(12)7-9-4-2-1-3-8(9)5-6-13/h1-4,10H,5,7H2. The highest BCUT2D eigenvalue weighted by atomic mass is 19.3. The Balaban J connectivity index is 2.85. The maximum Gasteiger partial charge on any atom is 0.242 e. The number of alkyl halides is 2. The maximum atomic E-state index is 12.1. The maximum absolute atomic E-state index is 12.1. The van der Waals surface area contributed by atoms with E-state index in [9.17, 15) is 8.78 Å². The first-order valence-corrected chi connectivity index (χ1v) is 3.96. The van der Waals surface area contributed by atoms with Crippen molar-refractivity contribution in [3.63, 3.8) is 0 Å². The first-order valence-electron chi connectivity index (χ1n) is 3.96. The molecule has 0 bridgehead atoms. The number of nitriles is 1. The Morgan fingerprint density at radius 2 is 1.85 bits per heavy atom. The van der Waals surface area contributed by atoms with E-state index < -0.39 is 6.43 Å². The number of hydrogen-bond donors (Lipinski definition) is 0. The highest BCUT2D eigenvalue weighted by molar-refractivity contribution is 5.29. The molecule has 0 saturated heterocycles. The summed E-state index contributed by atoms with van der Waals surface area (Å²) >= 11 is 0. The highest BCUT2D eigenvalue weighted by Gasteiger charge is 2.07. The SMILES string of the molecule is N#CCc1ccccc1CC(F)F. The number of hydrogen-bond acceptors (Lipinski definition) is 1. The Hall–Kier alpha value is -1.43. The van der Waals surface area contributed by atoms with Crippen LogP contribution >= 0.6 is 0 Å². The fourth-order valence-corrected chi connectivity index (χ4v) is 1.18. The van der Waals surface area contributed by atoms with Crippen LogP contribution in [0.1, 0.15) is 11.1 Å². The summed E-state index contributed by atoms with van der Waals surface area (Å²) in [5, 5.41) is 8.44. The van der Waals surface area contributed by atoms with Gasteiger partial charge in [-0.1, -0.05) is 24.3 Å². The van der Waals surface area contributed by atoms with Gasteiger partial charge in [0.1, 0.15) is 0 Å². The monoisotopic (exact) mass is 181 g/mol. The summed E-state index contributed by atoms with van der Waals surface area (Å²) in [6, 6.07) is 8.76. The highest BCUT2D eigenvalue weighted by Crippen LogP contribution is 2.13. The Kier molecular flexibility index (Phi) is 3.39. The van der Waals surface area contributed by atoms with Crippen molar-refractivity contribution < 1.29 is 8.78 Å². The first-order chi connectivity index (χ1) is 6.24. The van der Waals surface area contributed by atoms with Gasteiger partial charge in [0.25, 0.3) is 0 Å². The van der Waals surface area contributed by atoms with E-state index in [0.717, 1.165) is 0 Å². The van der Waals surface area contributed by atoms with Crippen molar-refractivity contribution in [2.24, 2.45) is 0 Å². The lowest BCUT2D eigenvalue weighted by Crippen LogP contribution is -2.00. The molecule has 1 aromatic carbocycles. The van der Waals surface area contributed by atoms with Gasteiger partial charge >= 0.3 is 0 Å². The van der Waals surface area contributed by atoms with E-state index in [1.54, 1.807) is 24.3 Å². The molecule has 0 radical (unpaired) electrons. The summed E-state index contributed by atoms with van der Waals surface area (Å²) in [7, 11) is 0. The topological polar surface area (TPSA) is 23.8 Å². The third kappa shape index (κ3) is 2.83. The molecule has 0 amide bonds. The predicted molar refractivity (Wildman–Crippen MR) is 45.5 cm³/mol. The largest absolute Gasteiger partial charge is 0.242 e. The smallest absolute Gasteiger partial charge is 0.210 e. The molecule has 0 saturated carbocycles. The molecule has 1 nitrogen and oxygen atoms in total. The van der Waals surface area contributed by atoms with E-state index in [1.807, 2.05) is 6.07 Å². The van der Waals surface area contributed by atoms with Gasteiger partial charge in [0.2, 0.25) is 6.43 Å². The summed E-state index contributed by atoms with van der Waals surface area (Å²) in [6.07, 6.45) is -2.42. The number of halogens is 2. The molecule has 0 aliphatic rings. The Bertz CT molecular complexity index is 315. The van der Waals surface area contributed by atoms with Gasteiger partial charge in [-0.3, -0.25) is 0 Å². The molecule has 0 atom stereocenters. The van der Waals surface area contributed by atoms with Crippen molar-refractivity contribution in [3.05, 3.63) is 35.4 Å². The van der Waals surface area contributed by atoms with Gasteiger partial charge in [0.15, 0.2) is 0 Å². The van der Waals surface area contributed by atoms with Crippen molar-refractivity contribution in [3.8, 4) is 6.07 Å². The van der Waals surface area contributed by atoms with E-state index in [2.05, 4.69) is 0 Å². The predicted octanol–water partition coefficient (Wildman–Crippen LogP) is 2.56. The molecule has 68 valence electrons. The quantitative estimate of drug-likeness (QED) is 0.703. The van der Waals surface area contributed by atoms with Crippen LogP contribution in [0.15, 0.2) is 24.3 Å². The average molecular weight is 181 g/mol. The first kappa shape index (κ1) is 9.66. The van der Waals surface area contributed by atoms with Crippen LogP contribution in [-0.2, 0) is 12.8 Å². The number of nitrogens with zero attached hydrogens (tertiary/aromatic N) is 1. The van der Waals surface area contributed by atoms with Crippen LogP contribution in [0.5, 0.6) is 0 Å². The summed E-state index contributed by atoms with van der Waals surface area (Å²) < 4.78 is 24.1. The zero-order chi connectivity index (χ0) is 9.68. The Morgan fingerprint density at radius 1 is 1.23 bits per heavy atom. The third-order valence-corrected chi connectivity index (χ3v) is 1.76. The molecular weight excluding hydrogens is 172 g/mol. The minimum absolute atomic E-state index is 0.197. The average Bonchev–Trinajstić information content (AvgIpc) is 2.08. The second-order valence-electron chi connectivity index (χ2n) is 2.70. The van der Waals surface area contributed by atoms with Gasteiger partial charge in [-0.2, -0.15) is 5.26 Å². The normalized spacial score (nSPS) is 10.0. The molecule has 0 aliphatic carbocycles. The van der Waals surface area contributed by atoms with Crippen LogP contribution in [0.3, 0.4) is 0 Å². The lowest BCUT2D eigenvalue weighted by atomic mass is 10.0. The molecule has 0 spiro atoms. The summed E-state index contributed by atoms with van der Waals surface area (Å²) in [5.41, 5.74) is 1.27. The number of rotatable bonds is 3. The fourth-order valence-electron chi connectivity index (χ4n) is 1.18. The zero-order valence-corrected chi connectivity index (χ0v) is 7.00. The third-order valence-electron chi connectivity index (χ3n) is 1.76. The molecule has 0 heterocycles. The van der Waals surface area contributed by atoms with Gasteiger partial charge in [0, 0.05) is 6.42 Å². The molecular formula is C10H9F2N. The lowest BCUT2D eigenvalue weighted by Gasteiger charge is -2.04. The lowest BCUT2D eigenvalue weighted by molar-refractivity contribution is 0.149. The van der Waals surface area contributed by atoms with Gasteiger partial charge in [-0.05, 0) is 11.1 Å². The second-order valence-corrected chi connectivity index (χ2v) is 2.70. The van der Waals surface area contributed by atoms with Crippen LogP contribution in [0.4, 0.5) is 8.78 Å². The molecule has 0 aromatic heterocycles. The van der Waals surface area contributed by atoms with Crippen LogP contribution in [0.2, 0.25) is 0 Å². The van der Waals surface area contributed by atoms with Crippen LogP contribution in [0, 0.1) is 11.3 Å². The van der Waals surface area contributed by atoms with Crippen molar-refractivity contribution in [2.45, 2.75) is 19.3 Å². The van der Waals surface area contributed by atoms with Crippen LogP contribution in [0.25, 0.3) is 0 Å². The van der Waals surface area contributed by atoms with Crippen molar-refractivity contribution in [1.82, 2.24) is 0 Å². The van der Waals surface area contributed by atoms with Crippen molar-refractivity contribution in [2.75, 3.05) is 0 Å². The van der Waals surface area contributed by atoms with E-state index >= 15 is 0 Å². The van der Waals surface area contributed by atoms with Gasteiger partial charge < -0.3 is 0 Å². The van der Waals surface area contributed by atoms with Crippen molar-refractivity contribution in [1.29, 1.82) is 5.26 Å². The van der Waals surface area contributed by atoms with Gasteiger partial charge in [-0.25, -0.2) is 8.78 Å². The second kappa shape index (κ2) is 4.56. The van der Waals surface area contributed by atoms with E-state index in [4.69, 9.17) is 5.26 Å². The summed E-state index contributed by atoms with van der Waals surface area (Å²) in [4.78, 5) is 0. The minimum atomic E-state index is -2.35. The molecule has 0 N–H and O–H groups in total. The molecule has 1 rings (SSSR count). The van der Waals surface area contributed by atoms with E-state index in [0.29, 0.717) is 11.1 Å². The molecule has 0 unspecified atom stereocenters. The van der Waals surface area contributed by atoms with Crippen molar-refractivity contribution >= 4 is 0 Å². The molecule has 0 fully saturated rings.